The second-order valence-electron chi connectivity index (χ2n) is 6.09. The highest BCUT2D eigenvalue weighted by Crippen LogP contribution is 2.23. The fraction of sp³-hybridized carbons (Fsp3) is 0.438. The van der Waals surface area contributed by atoms with Crippen molar-refractivity contribution in [2.24, 2.45) is 10.3 Å². The van der Waals surface area contributed by atoms with Crippen LogP contribution < -0.4 is 0 Å². The lowest BCUT2D eigenvalue weighted by atomic mass is 10.3. The van der Waals surface area contributed by atoms with Crippen LogP contribution in [0.5, 0.6) is 0 Å². The molecule has 0 radical (unpaired) electrons. The highest BCUT2D eigenvalue weighted by Gasteiger charge is 2.13. The molecule has 8 nitrogen and oxygen atoms in total. The summed E-state index contributed by atoms with van der Waals surface area (Å²) in [6.45, 7) is 10.1. The van der Waals surface area contributed by atoms with E-state index in [1.165, 1.54) is 12.1 Å². The van der Waals surface area contributed by atoms with Gasteiger partial charge in [-0.15, -0.1) is 5.11 Å². The number of hydrogen-bond acceptors (Lipinski definition) is 5. The average Bonchev–Trinajstić information content (AvgIpc) is 2.87. The lowest BCUT2D eigenvalue weighted by molar-refractivity contribution is -0.384. The van der Waals surface area contributed by atoms with Crippen LogP contribution in [0.25, 0.3) is 5.69 Å². The molecule has 2 rings (SSSR count). The molecule has 0 aliphatic heterocycles. The number of rotatable bonds is 6. The number of nitro groups is 1. The molecule has 24 heavy (non-hydrogen) atoms. The van der Waals surface area contributed by atoms with Crippen molar-refractivity contribution < 1.29 is 4.92 Å². The maximum Gasteiger partial charge on any atom is 0.269 e. The topological polar surface area (TPSA) is 88.9 Å². The smallest absolute Gasteiger partial charge is 0.269 e. The van der Waals surface area contributed by atoms with E-state index in [4.69, 9.17) is 0 Å². The van der Waals surface area contributed by atoms with Crippen molar-refractivity contribution in [2.75, 3.05) is 0 Å². The molecule has 128 valence electrons. The molecule has 0 aliphatic carbocycles. The van der Waals surface area contributed by atoms with Gasteiger partial charge in [0, 0.05) is 30.3 Å². The third kappa shape index (κ3) is 3.95. The molecule has 0 amide bonds. The van der Waals surface area contributed by atoms with E-state index < -0.39 is 4.92 Å². The van der Waals surface area contributed by atoms with Crippen LogP contribution in [0, 0.1) is 17.0 Å². The van der Waals surface area contributed by atoms with Crippen molar-refractivity contribution in [3.8, 4) is 5.69 Å². The Kier molecular flexibility index (Phi) is 5.28. The molecule has 0 N–H and O–H groups in total. The van der Waals surface area contributed by atoms with E-state index in [9.17, 15) is 10.1 Å². The predicted octanol–water partition coefficient (Wildman–Crippen LogP) is 4.21. The Balaban J connectivity index is 2.35. The third-order valence-electron chi connectivity index (χ3n) is 3.43. The second kappa shape index (κ2) is 7.20. The van der Waals surface area contributed by atoms with Crippen LogP contribution >= 0.6 is 0 Å². The molecule has 0 saturated carbocycles. The number of aromatic nitrogens is 2. The molecule has 0 saturated heterocycles. The molecule has 0 spiro atoms. The van der Waals surface area contributed by atoms with Gasteiger partial charge in [-0.25, -0.2) is 4.68 Å². The summed E-state index contributed by atoms with van der Waals surface area (Å²) in [5.74, 6) is 0.577. The summed E-state index contributed by atoms with van der Waals surface area (Å²) in [5.41, 5.74) is 1.53. The minimum atomic E-state index is -0.429. The number of nitrogens with zero attached hydrogens (tertiary/aromatic N) is 6. The SMILES string of the molecule is Cc1cc(/N=N/N(C(C)C)C(C)C)n(-c2ccc([N+](=O)[O-])cc2)n1. The van der Waals surface area contributed by atoms with Crippen molar-refractivity contribution in [3.05, 3.63) is 46.1 Å². The van der Waals surface area contributed by atoms with Gasteiger partial charge >= 0.3 is 0 Å². The van der Waals surface area contributed by atoms with Crippen molar-refractivity contribution in [2.45, 2.75) is 46.7 Å². The summed E-state index contributed by atoms with van der Waals surface area (Å²) in [5, 5.41) is 25.7. The molecule has 8 heteroatoms. The minimum Gasteiger partial charge on any atom is -0.273 e. The van der Waals surface area contributed by atoms with Crippen molar-refractivity contribution in [3.63, 3.8) is 0 Å². The Morgan fingerprint density at radius 2 is 1.75 bits per heavy atom. The van der Waals surface area contributed by atoms with E-state index in [0.717, 1.165) is 5.69 Å². The Hall–Kier alpha value is -2.77. The third-order valence-corrected chi connectivity index (χ3v) is 3.43. The molecule has 0 aliphatic rings. The summed E-state index contributed by atoms with van der Waals surface area (Å²) in [6, 6.07) is 8.46. The van der Waals surface area contributed by atoms with Gasteiger partial charge in [-0.2, -0.15) is 5.10 Å². The molecule has 0 atom stereocenters. The first-order valence-electron chi connectivity index (χ1n) is 7.81. The molecule has 0 fully saturated rings. The van der Waals surface area contributed by atoms with Crippen LogP contribution in [0.3, 0.4) is 0 Å². The number of hydrogen-bond donors (Lipinski definition) is 0. The first-order valence-corrected chi connectivity index (χ1v) is 7.81. The standard InChI is InChI=1S/C16H22N6O2/c1-11(2)20(12(3)4)19-17-16-10-13(5)18-21(16)14-6-8-15(9-7-14)22(23)24/h6-12H,1-5H3/b19-17+. The average molecular weight is 330 g/mol. The van der Waals surface area contributed by atoms with Crippen molar-refractivity contribution in [1.29, 1.82) is 0 Å². The van der Waals surface area contributed by atoms with Crippen LogP contribution in [-0.2, 0) is 0 Å². The number of benzene rings is 1. The zero-order valence-electron chi connectivity index (χ0n) is 14.5. The van der Waals surface area contributed by atoms with E-state index in [2.05, 4.69) is 43.1 Å². The molecule has 0 bridgehead atoms. The summed E-state index contributed by atoms with van der Waals surface area (Å²) in [6.07, 6.45) is 0. The summed E-state index contributed by atoms with van der Waals surface area (Å²) in [7, 11) is 0. The number of aryl methyl sites for hydroxylation is 1. The molecule has 1 aromatic heterocycles. The lowest BCUT2D eigenvalue weighted by Crippen LogP contribution is -2.31. The molecular weight excluding hydrogens is 308 g/mol. The van der Waals surface area contributed by atoms with Gasteiger partial charge in [-0.3, -0.25) is 15.1 Å². The van der Waals surface area contributed by atoms with Crippen LogP contribution in [0.15, 0.2) is 40.7 Å². The minimum absolute atomic E-state index is 0.0385. The van der Waals surface area contributed by atoms with Gasteiger partial charge in [-0.1, -0.05) is 5.22 Å². The first-order chi connectivity index (χ1) is 11.3. The molecule has 2 aromatic rings. The van der Waals surface area contributed by atoms with Crippen molar-refractivity contribution in [1.82, 2.24) is 14.8 Å². The van der Waals surface area contributed by atoms with Gasteiger partial charge in [0.2, 0.25) is 0 Å². The number of non-ortho nitro benzene ring substituents is 1. The zero-order valence-corrected chi connectivity index (χ0v) is 14.5. The largest absolute Gasteiger partial charge is 0.273 e. The van der Waals surface area contributed by atoms with Gasteiger partial charge in [-0.05, 0) is 46.8 Å². The zero-order chi connectivity index (χ0) is 17.9. The summed E-state index contributed by atoms with van der Waals surface area (Å²) < 4.78 is 1.63. The normalized spacial score (nSPS) is 11.6. The fourth-order valence-corrected chi connectivity index (χ4v) is 2.36. The Morgan fingerprint density at radius 3 is 2.25 bits per heavy atom. The van der Waals surface area contributed by atoms with E-state index in [0.29, 0.717) is 11.5 Å². The maximum absolute atomic E-state index is 10.8. The Labute approximate surface area is 140 Å². The highest BCUT2D eigenvalue weighted by molar-refractivity contribution is 5.45. The van der Waals surface area contributed by atoms with Crippen molar-refractivity contribution >= 4 is 11.5 Å². The summed E-state index contributed by atoms with van der Waals surface area (Å²) >= 11 is 0. The maximum atomic E-state index is 10.8. The summed E-state index contributed by atoms with van der Waals surface area (Å²) in [4.78, 5) is 10.3. The Morgan fingerprint density at radius 1 is 1.17 bits per heavy atom. The van der Waals surface area contributed by atoms with E-state index >= 15 is 0 Å². The molecule has 1 heterocycles. The van der Waals surface area contributed by atoms with Gasteiger partial charge in [0.05, 0.1) is 16.3 Å². The highest BCUT2D eigenvalue weighted by atomic mass is 16.6. The van der Waals surface area contributed by atoms with Gasteiger partial charge in [0.25, 0.3) is 5.69 Å². The van der Waals surface area contributed by atoms with Gasteiger partial charge < -0.3 is 0 Å². The fourth-order valence-electron chi connectivity index (χ4n) is 2.36. The van der Waals surface area contributed by atoms with E-state index in [1.807, 2.05) is 18.0 Å². The second-order valence-corrected chi connectivity index (χ2v) is 6.09. The van der Waals surface area contributed by atoms with Gasteiger partial charge in [0.15, 0.2) is 5.82 Å². The molecule has 1 aromatic carbocycles. The predicted molar refractivity (Wildman–Crippen MR) is 91.6 cm³/mol. The monoisotopic (exact) mass is 330 g/mol. The van der Waals surface area contributed by atoms with Crippen LogP contribution in [-0.4, -0.2) is 31.8 Å². The molecular formula is C16H22N6O2. The van der Waals surface area contributed by atoms with Crippen LogP contribution in [0.2, 0.25) is 0 Å². The van der Waals surface area contributed by atoms with Crippen LogP contribution in [0.4, 0.5) is 11.5 Å². The lowest BCUT2D eigenvalue weighted by Gasteiger charge is -2.25. The quantitative estimate of drug-likeness (QED) is 0.451. The van der Waals surface area contributed by atoms with E-state index in [-0.39, 0.29) is 17.8 Å². The number of nitro benzene ring substituents is 1. The van der Waals surface area contributed by atoms with E-state index in [1.54, 1.807) is 16.8 Å². The van der Waals surface area contributed by atoms with Gasteiger partial charge in [0.1, 0.15) is 0 Å². The first kappa shape index (κ1) is 17.6. The molecule has 0 unspecified atom stereocenters. The Bertz CT molecular complexity index is 726. The van der Waals surface area contributed by atoms with Crippen LogP contribution in [0.1, 0.15) is 33.4 Å².